The number of nitrogens with zero attached hydrogens (tertiary/aromatic N) is 1. The number of benzene rings is 8. The van der Waals surface area contributed by atoms with Crippen LogP contribution in [0.3, 0.4) is 0 Å². The second-order valence-electron chi connectivity index (χ2n) is 27.0. The summed E-state index contributed by atoms with van der Waals surface area (Å²) in [4.78, 5) is 0. The number of nitrogens with one attached hydrogen (secondary N) is 1. The van der Waals surface area contributed by atoms with Crippen molar-refractivity contribution in [2.75, 3.05) is 5.32 Å². The van der Waals surface area contributed by atoms with Crippen LogP contribution in [0.25, 0.3) is 81.0 Å². The van der Waals surface area contributed by atoms with Crippen LogP contribution in [0.15, 0.2) is 133 Å². The standard InChI is InChI=1S/C72H74BN2S/c1-14-15-16-19-42-22-27-46(28-23-42)74-60-41-64-51(52-39-57-58(40-63(52)76-64)71(10,11)33-32-70(57,8)9)38-50(60)53-37-48(43-24-29-56-49(34-43)47-20-17-18-21-55(47)72(56,12)13)65-54-35-44(68(2,3)4)25-30-61(54)75-62-31-26-45(69(5,6)7)36-59(62)73-66(53)67(65)75/h17-18,20-31,34-41,74H,14-16,19,32-33H2,1-13H3. The van der Waals surface area contributed by atoms with Crippen molar-refractivity contribution in [1.29, 1.82) is 0 Å². The van der Waals surface area contributed by atoms with Crippen molar-refractivity contribution in [3.05, 3.63) is 172 Å². The van der Waals surface area contributed by atoms with E-state index >= 15 is 0 Å². The number of unbranched alkanes of at least 4 members (excludes halogenated alkanes) is 2. The predicted molar refractivity (Wildman–Crippen MR) is 333 cm³/mol. The normalized spacial score (nSPS) is 16.0. The molecular formula is C72H74BN2S. The Labute approximate surface area is 457 Å². The zero-order valence-corrected chi connectivity index (χ0v) is 48.2. The fraction of sp³-hybridized carbons (Fsp3) is 0.333. The minimum Gasteiger partial charge on any atom is -0.355 e. The first-order valence-corrected chi connectivity index (χ1v) is 29.2. The highest BCUT2D eigenvalue weighted by atomic mass is 32.1. The number of hydrogen-bond donors (Lipinski definition) is 1. The summed E-state index contributed by atoms with van der Waals surface area (Å²) in [6.45, 7) is 31.0. The predicted octanol–water partition coefficient (Wildman–Crippen LogP) is 19.2. The SMILES string of the molecule is CCCCCc1ccc(Nc2cc3sc4cc5c(cc4c3cc2-c2cc(-c3ccc4c(c3)-c3ccccc3C4(C)C)c3c4cc(C(C)(C)C)ccc4n4c3c2[B]c2cc(C(C)(C)C)ccc2-4)C(C)(C)CCC5(C)C)cc1. The summed E-state index contributed by atoms with van der Waals surface area (Å²) in [6.07, 6.45) is 7.22. The average molecular weight is 1010 g/mol. The topological polar surface area (TPSA) is 17.0 Å². The van der Waals surface area contributed by atoms with E-state index in [0.29, 0.717) is 0 Å². The summed E-state index contributed by atoms with van der Waals surface area (Å²) in [5, 5.41) is 9.44. The van der Waals surface area contributed by atoms with E-state index in [0.717, 1.165) is 17.8 Å². The molecule has 0 fully saturated rings. The fourth-order valence-electron chi connectivity index (χ4n) is 13.6. The molecule has 0 saturated carbocycles. The van der Waals surface area contributed by atoms with Crippen molar-refractivity contribution in [3.8, 4) is 39.1 Å². The van der Waals surface area contributed by atoms with Gasteiger partial charge in [-0.05, 0) is 186 Å². The van der Waals surface area contributed by atoms with Crippen molar-refractivity contribution in [2.24, 2.45) is 0 Å². The van der Waals surface area contributed by atoms with Gasteiger partial charge in [0.2, 0.25) is 0 Å². The molecular weight excluding hydrogens is 936 g/mol. The lowest BCUT2D eigenvalue weighted by atomic mass is 9.58. The molecule has 0 amide bonds. The third-order valence-electron chi connectivity index (χ3n) is 18.4. The van der Waals surface area contributed by atoms with Gasteiger partial charge >= 0.3 is 0 Å². The van der Waals surface area contributed by atoms with E-state index in [1.807, 2.05) is 11.3 Å². The van der Waals surface area contributed by atoms with E-state index in [1.165, 1.54) is 163 Å². The quantitative estimate of drug-likeness (QED) is 0.119. The molecule has 76 heavy (non-hydrogen) atoms. The highest BCUT2D eigenvalue weighted by Crippen LogP contribution is 2.53. The maximum Gasteiger partial charge on any atom is 0.197 e. The Bertz CT molecular complexity index is 4040. The molecule has 0 saturated heterocycles. The van der Waals surface area contributed by atoms with Crippen molar-refractivity contribution in [3.63, 3.8) is 0 Å². The van der Waals surface area contributed by atoms with E-state index in [2.05, 4.69) is 241 Å². The Balaban J connectivity index is 1.15. The number of hydrogen-bond acceptors (Lipinski definition) is 2. The van der Waals surface area contributed by atoms with Gasteiger partial charge in [0.1, 0.15) is 0 Å². The van der Waals surface area contributed by atoms with Crippen LogP contribution in [0.5, 0.6) is 0 Å². The zero-order chi connectivity index (χ0) is 53.0. The number of aryl methyl sites for hydroxylation is 1. The Kier molecular flexibility index (Phi) is 11.1. The summed E-state index contributed by atoms with van der Waals surface area (Å²) in [6, 6.07) is 53.2. The molecule has 0 bridgehead atoms. The van der Waals surface area contributed by atoms with Gasteiger partial charge < -0.3 is 9.88 Å². The van der Waals surface area contributed by atoms with Crippen LogP contribution in [0.2, 0.25) is 0 Å². The van der Waals surface area contributed by atoms with Gasteiger partial charge in [-0.1, -0.05) is 175 Å². The highest BCUT2D eigenvalue weighted by Gasteiger charge is 2.39. The lowest BCUT2D eigenvalue weighted by Gasteiger charge is -2.41. The van der Waals surface area contributed by atoms with Gasteiger partial charge in [-0.2, -0.15) is 0 Å². The first kappa shape index (κ1) is 49.2. The smallest absolute Gasteiger partial charge is 0.197 e. The van der Waals surface area contributed by atoms with Gasteiger partial charge in [0.25, 0.3) is 0 Å². The van der Waals surface area contributed by atoms with Crippen LogP contribution in [0.4, 0.5) is 11.4 Å². The van der Waals surface area contributed by atoms with Crippen LogP contribution < -0.4 is 16.2 Å². The number of anilines is 2. The van der Waals surface area contributed by atoms with Crippen LogP contribution in [-0.2, 0) is 33.5 Å². The van der Waals surface area contributed by atoms with Crippen LogP contribution in [-0.4, -0.2) is 11.8 Å². The largest absolute Gasteiger partial charge is 0.355 e. The summed E-state index contributed by atoms with van der Waals surface area (Å²) < 4.78 is 5.33. The van der Waals surface area contributed by atoms with Crippen molar-refractivity contribution >= 4 is 82.9 Å². The van der Waals surface area contributed by atoms with E-state index in [4.69, 9.17) is 0 Å². The second-order valence-corrected chi connectivity index (χ2v) is 28.0. The maximum absolute atomic E-state index is 4.11. The highest BCUT2D eigenvalue weighted by molar-refractivity contribution is 7.25. The Hall–Kier alpha value is -6.36. The molecule has 0 spiro atoms. The van der Waals surface area contributed by atoms with Crippen molar-refractivity contribution in [2.45, 2.75) is 156 Å². The average Bonchev–Trinajstić information content (AvgIpc) is 4.21. The lowest BCUT2D eigenvalue weighted by molar-refractivity contribution is 0.332. The van der Waals surface area contributed by atoms with Crippen LogP contribution in [0.1, 0.15) is 161 Å². The van der Waals surface area contributed by atoms with E-state index < -0.39 is 0 Å². The van der Waals surface area contributed by atoms with Crippen LogP contribution >= 0.6 is 11.3 Å². The summed E-state index contributed by atoms with van der Waals surface area (Å²) in [7, 11) is 2.54. The number of rotatable bonds is 8. The molecule has 4 heteroatoms. The Morgan fingerprint density at radius 2 is 1.24 bits per heavy atom. The summed E-state index contributed by atoms with van der Waals surface area (Å²) in [5.41, 5.74) is 26.2. The molecule has 3 aliphatic rings. The number of aromatic nitrogens is 1. The van der Waals surface area contributed by atoms with Gasteiger partial charge in [-0.25, -0.2) is 0 Å². The van der Waals surface area contributed by atoms with Gasteiger partial charge in [-0.15, -0.1) is 11.3 Å². The molecule has 2 aliphatic carbocycles. The van der Waals surface area contributed by atoms with E-state index in [-0.39, 0.29) is 27.1 Å². The van der Waals surface area contributed by atoms with Gasteiger partial charge in [-0.3, -0.25) is 0 Å². The molecule has 0 atom stereocenters. The van der Waals surface area contributed by atoms with Crippen molar-refractivity contribution < 1.29 is 0 Å². The molecule has 8 aromatic carbocycles. The van der Waals surface area contributed by atoms with Crippen LogP contribution in [0, 0.1) is 0 Å². The summed E-state index contributed by atoms with van der Waals surface area (Å²) >= 11 is 1.96. The Morgan fingerprint density at radius 1 is 0.566 bits per heavy atom. The third kappa shape index (κ3) is 7.69. The van der Waals surface area contributed by atoms with E-state index in [1.54, 1.807) is 0 Å². The molecule has 1 aliphatic heterocycles. The molecule has 2 aromatic heterocycles. The number of thiophene rings is 1. The number of fused-ring (bicyclic) bond motifs is 12. The monoisotopic (exact) mass is 1010 g/mol. The van der Waals surface area contributed by atoms with E-state index in [9.17, 15) is 0 Å². The minimum absolute atomic E-state index is 0.0110. The molecule has 3 heterocycles. The molecule has 381 valence electrons. The zero-order valence-electron chi connectivity index (χ0n) is 47.4. The molecule has 0 unspecified atom stereocenters. The van der Waals surface area contributed by atoms with Gasteiger partial charge in [0.15, 0.2) is 7.28 Å². The molecule has 13 rings (SSSR count). The van der Waals surface area contributed by atoms with Gasteiger partial charge in [0.05, 0.1) is 5.52 Å². The third-order valence-corrected chi connectivity index (χ3v) is 19.6. The molecule has 1 radical (unpaired) electrons. The molecule has 2 nitrogen and oxygen atoms in total. The second kappa shape index (κ2) is 17.1. The molecule has 10 aromatic rings. The Morgan fingerprint density at radius 3 is 1.97 bits per heavy atom. The van der Waals surface area contributed by atoms with Crippen molar-refractivity contribution in [1.82, 2.24) is 4.57 Å². The maximum atomic E-state index is 4.11. The molecule has 1 N–H and O–H groups in total. The first-order valence-electron chi connectivity index (χ1n) is 28.4. The first-order chi connectivity index (χ1) is 36.1. The van der Waals surface area contributed by atoms with Gasteiger partial charge in [0, 0.05) is 64.5 Å². The lowest BCUT2D eigenvalue weighted by Crippen LogP contribution is -2.38. The minimum atomic E-state index is -0.0882. The fourth-order valence-corrected chi connectivity index (χ4v) is 14.8. The summed E-state index contributed by atoms with van der Waals surface area (Å²) in [5.74, 6) is 0.